The summed E-state index contributed by atoms with van der Waals surface area (Å²) in [5.41, 5.74) is 0. The van der Waals surface area contributed by atoms with Crippen LogP contribution in [0.4, 0.5) is 0 Å². The van der Waals surface area contributed by atoms with Gasteiger partial charge in [-0.05, 0) is 58.4 Å². The molecule has 0 bridgehead atoms. The smallest absolute Gasteiger partial charge is 0.208 e. The molecule has 0 radical (unpaired) electrons. The van der Waals surface area contributed by atoms with Crippen LogP contribution in [0.1, 0.15) is 19.3 Å². The molecule has 17 heavy (non-hydrogen) atoms. The molecule has 0 unspecified atom stereocenters. The van der Waals surface area contributed by atoms with Gasteiger partial charge in [0.2, 0.25) is 10.0 Å². The predicted molar refractivity (Wildman–Crippen MR) is 70.6 cm³/mol. The molecule has 1 rings (SSSR count). The highest BCUT2D eigenvalue weighted by Crippen LogP contribution is 2.14. The molecule has 0 aromatic carbocycles. The summed E-state index contributed by atoms with van der Waals surface area (Å²) in [4.78, 5) is 2.37. The second-order valence-electron chi connectivity index (χ2n) is 4.97. The van der Waals surface area contributed by atoms with E-state index in [4.69, 9.17) is 0 Å². The number of piperidine rings is 1. The highest BCUT2D eigenvalue weighted by molar-refractivity contribution is 7.88. The first kappa shape index (κ1) is 14.9. The number of hydrogen-bond acceptors (Lipinski definition) is 4. The molecule has 2 N–H and O–H groups in total. The van der Waals surface area contributed by atoms with Crippen LogP contribution in [0.3, 0.4) is 0 Å². The van der Waals surface area contributed by atoms with Crippen molar-refractivity contribution in [2.75, 3.05) is 46.0 Å². The minimum absolute atomic E-state index is 0.527. The number of nitrogens with zero attached hydrogens (tertiary/aromatic N) is 1. The minimum atomic E-state index is -3.02. The first-order chi connectivity index (χ1) is 7.97. The molecule has 0 saturated carbocycles. The van der Waals surface area contributed by atoms with Crippen LogP contribution in [0.25, 0.3) is 0 Å². The van der Waals surface area contributed by atoms with Crippen molar-refractivity contribution >= 4 is 10.0 Å². The van der Waals surface area contributed by atoms with Gasteiger partial charge in [-0.25, -0.2) is 13.1 Å². The van der Waals surface area contributed by atoms with E-state index in [9.17, 15) is 8.42 Å². The number of rotatable bonds is 7. The number of hydrogen-bond donors (Lipinski definition) is 2. The average molecular weight is 263 g/mol. The Kier molecular flexibility index (Phi) is 6.40. The third kappa shape index (κ3) is 7.70. The summed E-state index contributed by atoms with van der Waals surface area (Å²) < 4.78 is 24.1. The molecular weight excluding hydrogens is 238 g/mol. The predicted octanol–water partition coefficient (Wildman–Crippen LogP) is -0.143. The monoisotopic (exact) mass is 263 g/mol. The summed E-state index contributed by atoms with van der Waals surface area (Å²) >= 11 is 0. The summed E-state index contributed by atoms with van der Waals surface area (Å²) in [6.07, 6.45) is 4.58. The summed E-state index contributed by atoms with van der Waals surface area (Å²) in [7, 11) is -0.854. The molecule has 0 aromatic heterocycles. The van der Waals surface area contributed by atoms with E-state index in [-0.39, 0.29) is 0 Å². The van der Waals surface area contributed by atoms with Gasteiger partial charge in [-0.2, -0.15) is 0 Å². The molecule has 1 aliphatic heterocycles. The van der Waals surface area contributed by atoms with E-state index in [2.05, 4.69) is 22.0 Å². The van der Waals surface area contributed by atoms with Gasteiger partial charge < -0.3 is 10.2 Å². The van der Waals surface area contributed by atoms with E-state index in [1.54, 1.807) is 0 Å². The van der Waals surface area contributed by atoms with Crippen molar-refractivity contribution < 1.29 is 8.42 Å². The number of sulfonamides is 1. The van der Waals surface area contributed by atoms with Gasteiger partial charge >= 0.3 is 0 Å². The zero-order valence-corrected chi connectivity index (χ0v) is 11.7. The fraction of sp³-hybridized carbons (Fsp3) is 1.00. The van der Waals surface area contributed by atoms with Crippen LogP contribution in [0.15, 0.2) is 0 Å². The average Bonchev–Trinajstić information content (AvgIpc) is 2.24. The molecule has 6 heteroatoms. The van der Waals surface area contributed by atoms with Crippen LogP contribution in [0, 0.1) is 5.92 Å². The Morgan fingerprint density at radius 1 is 1.24 bits per heavy atom. The molecule has 0 amide bonds. The lowest BCUT2D eigenvalue weighted by Crippen LogP contribution is -2.35. The third-order valence-corrected chi connectivity index (χ3v) is 3.89. The first-order valence-corrected chi connectivity index (χ1v) is 8.20. The van der Waals surface area contributed by atoms with E-state index in [1.165, 1.54) is 32.2 Å². The zero-order chi connectivity index (χ0) is 12.7. The Hall–Kier alpha value is -0.170. The zero-order valence-electron chi connectivity index (χ0n) is 10.9. The van der Waals surface area contributed by atoms with E-state index < -0.39 is 10.0 Å². The fourth-order valence-electron chi connectivity index (χ4n) is 2.04. The molecule has 1 aliphatic rings. The van der Waals surface area contributed by atoms with E-state index >= 15 is 0 Å². The molecule has 1 heterocycles. The van der Waals surface area contributed by atoms with Crippen LogP contribution in [0.2, 0.25) is 0 Å². The van der Waals surface area contributed by atoms with Crippen molar-refractivity contribution in [3.63, 3.8) is 0 Å². The third-order valence-electron chi connectivity index (χ3n) is 3.17. The molecule has 0 atom stereocenters. The second-order valence-corrected chi connectivity index (χ2v) is 6.80. The van der Waals surface area contributed by atoms with Crippen molar-refractivity contribution in [2.45, 2.75) is 19.3 Å². The van der Waals surface area contributed by atoms with Gasteiger partial charge in [0, 0.05) is 6.54 Å². The van der Waals surface area contributed by atoms with Crippen molar-refractivity contribution in [3.8, 4) is 0 Å². The molecule has 0 aromatic rings. The number of likely N-dealkylation sites (tertiary alicyclic amines) is 1. The van der Waals surface area contributed by atoms with Gasteiger partial charge in [-0.15, -0.1) is 0 Å². The Labute approximate surface area is 105 Å². The molecule has 0 spiro atoms. The topological polar surface area (TPSA) is 61.4 Å². The largest absolute Gasteiger partial charge is 0.316 e. The molecule has 102 valence electrons. The molecule has 5 nitrogen and oxygen atoms in total. The van der Waals surface area contributed by atoms with Gasteiger partial charge in [-0.3, -0.25) is 0 Å². The van der Waals surface area contributed by atoms with Gasteiger partial charge in [0.05, 0.1) is 6.26 Å². The quantitative estimate of drug-likeness (QED) is 0.628. The maximum Gasteiger partial charge on any atom is 0.208 e. The molecule has 0 aliphatic carbocycles. The van der Waals surface area contributed by atoms with Gasteiger partial charge in [0.25, 0.3) is 0 Å². The summed E-state index contributed by atoms with van der Waals surface area (Å²) in [6.45, 7) is 4.87. The molecular formula is C11H25N3O2S. The SMILES string of the molecule is CN1CCC(CNCCCNS(C)(=O)=O)CC1. The van der Waals surface area contributed by atoms with Crippen LogP contribution >= 0.6 is 0 Å². The summed E-state index contributed by atoms with van der Waals surface area (Å²) in [5, 5.41) is 3.40. The first-order valence-electron chi connectivity index (χ1n) is 6.31. The van der Waals surface area contributed by atoms with Gasteiger partial charge in [0.15, 0.2) is 0 Å². The fourth-order valence-corrected chi connectivity index (χ4v) is 2.56. The van der Waals surface area contributed by atoms with E-state index in [0.717, 1.165) is 25.4 Å². The normalized spacial score (nSPS) is 19.6. The van der Waals surface area contributed by atoms with Crippen LogP contribution in [-0.4, -0.2) is 59.3 Å². The Morgan fingerprint density at radius 2 is 1.88 bits per heavy atom. The summed E-state index contributed by atoms with van der Waals surface area (Å²) in [5.74, 6) is 0.786. The highest BCUT2D eigenvalue weighted by atomic mass is 32.2. The maximum atomic E-state index is 10.8. The Balaban J connectivity index is 1.94. The lowest BCUT2D eigenvalue weighted by atomic mass is 9.97. The standard InChI is InChI=1S/C11H25N3O2S/c1-14-8-4-11(5-9-14)10-12-6-3-7-13-17(2,15)16/h11-13H,3-10H2,1-2H3. The van der Waals surface area contributed by atoms with Crippen molar-refractivity contribution in [1.29, 1.82) is 0 Å². The number of nitrogens with one attached hydrogen (secondary N) is 2. The summed E-state index contributed by atoms with van der Waals surface area (Å²) in [6, 6.07) is 0. The second kappa shape index (κ2) is 7.31. The van der Waals surface area contributed by atoms with Crippen LogP contribution in [0.5, 0.6) is 0 Å². The lowest BCUT2D eigenvalue weighted by molar-refractivity contribution is 0.216. The lowest BCUT2D eigenvalue weighted by Gasteiger charge is -2.29. The van der Waals surface area contributed by atoms with E-state index in [0.29, 0.717) is 6.54 Å². The van der Waals surface area contributed by atoms with Crippen LogP contribution in [-0.2, 0) is 10.0 Å². The van der Waals surface area contributed by atoms with Crippen molar-refractivity contribution in [1.82, 2.24) is 14.9 Å². The Bertz CT molecular complexity index is 298. The van der Waals surface area contributed by atoms with Crippen molar-refractivity contribution in [3.05, 3.63) is 0 Å². The highest BCUT2D eigenvalue weighted by Gasteiger charge is 2.15. The van der Waals surface area contributed by atoms with Gasteiger partial charge in [0.1, 0.15) is 0 Å². The molecule has 1 saturated heterocycles. The van der Waals surface area contributed by atoms with Crippen molar-refractivity contribution in [2.24, 2.45) is 5.92 Å². The minimum Gasteiger partial charge on any atom is -0.316 e. The van der Waals surface area contributed by atoms with E-state index in [1.807, 2.05) is 0 Å². The maximum absolute atomic E-state index is 10.8. The Morgan fingerprint density at radius 3 is 2.47 bits per heavy atom. The van der Waals surface area contributed by atoms with Gasteiger partial charge in [-0.1, -0.05) is 0 Å². The molecule has 1 fully saturated rings. The van der Waals surface area contributed by atoms with Crippen LogP contribution < -0.4 is 10.0 Å².